The minimum atomic E-state index is 0.797. The quantitative estimate of drug-likeness (QED) is 0.752. The van der Waals surface area contributed by atoms with Crippen LogP contribution in [0.25, 0.3) is 22.2 Å². The van der Waals surface area contributed by atoms with Crippen molar-refractivity contribution in [3.8, 4) is 11.1 Å². The Hall–Kier alpha value is -2.14. The van der Waals surface area contributed by atoms with Crippen molar-refractivity contribution in [1.29, 1.82) is 0 Å². The molecule has 19 heavy (non-hydrogen) atoms. The molecule has 5 nitrogen and oxygen atoms in total. The molecular weight excluding hydrogens is 238 g/mol. The molecule has 2 aromatic heterocycles. The molecule has 0 fully saturated rings. The van der Waals surface area contributed by atoms with Crippen molar-refractivity contribution in [3.63, 3.8) is 0 Å². The van der Waals surface area contributed by atoms with Crippen LogP contribution < -0.4 is 5.32 Å². The average Bonchev–Trinajstić information content (AvgIpc) is 2.92. The SMILES string of the molecule is CNCc1c(-c2ccc3nc(C)[nH]c3c2)cnn1C. The smallest absolute Gasteiger partial charge is 0.104 e. The molecule has 0 spiro atoms. The van der Waals surface area contributed by atoms with Gasteiger partial charge in [0, 0.05) is 19.2 Å². The van der Waals surface area contributed by atoms with Crippen LogP contribution in [0.4, 0.5) is 0 Å². The van der Waals surface area contributed by atoms with E-state index in [-0.39, 0.29) is 0 Å². The normalized spacial score (nSPS) is 11.3. The Kier molecular flexibility index (Phi) is 2.83. The van der Waals surface area contributed by atoms with Crippen LogP contribution in [0.5, 0.6) is 0 Å². The zero-order chi connectivity index (χ0) is 13.4. The van der Waals surface area contributed by atoms with Gasteiger partial charge in [-0.05, 0) is 31.7 Å². The van der Waals surface area contributed by atoms with Gasteiger partial charge in [-0.15, -0.1) is 0 Å². The van der Waals surface area contributed by atoms with Crippen LogP contribution in [-0.4, -0.2) is 26.8 Å². The second-order valence-electron chi connectivity index (χ2n) is 4.71. The number of benzene rings is 1. The zero-order valence-electron chi connectivity index (χ0n) is 11.4. The molecule has 0 radical (unpaired) electrons. The minimum Gasteiger partial charge on any atom is -0.342 e. The number of H-pyrrole nitrogens is 1. The maximum Gasteiger partial charge on any atom is 0.104 e. The minimum absolute atomic E-state index is 0.797. The summed E-state index contributed by atoms with van der Waals surface area (Å²) in [5.41, 5.74) is 5.56. The highest BCUT2D eigenvalue weighted by Crippen LogP contribution is 2.26. The summed E-state index contributed by atoms with van der Waals surface area (Å²) >= 11 is 0. The molecule has 5 heteroatoms. The van der Waals surface area contributed by atoms with E-state index in [1.165, 1.54) is 5.69 Å². The lowest BCUT2D eigenvalue weighted by Gasteiger charge is -2.05. The number of aryl methyl sites for hydroxylation is 2. The number of rotatable bonds is 3. The van der Waals surface area contributed by atoms with Crippen LogP contribution in [0, 0.1) is 6.92 Å². The molecular formula is C14H17N5. The molecule has 2 N–H and O–H groups in total. The lowest BCUT2D eigenvalue weighted by Crippen LogP contribution is -2.10. The highest BCUT2D eigenvalue weighted by atomic mass is 15.3. The first kappa shape index (κ1) is 11.9. The molecule has 0 amide bonds. The number of nitrogens with zero attached hydrogens (tertiary/aromatic N) is 3. The molecule has 1 aromatic carbocycles. The van der Waals surface area contributed by atoms with Crippen molar-refractivity contribution >= 4 is 11.0 Å². The molecule has 0 bridgehead atoms. The second-order valence-corrected chi connectivity index (χ2v) is 4.71. The third kappa shape index (κ3) is 2.02. The fraction of sp³-hybridized carbons (Fsp3) is 0.286. The summed E-state index contributed by atoms with van der Waals surface area (Å²) in [4.78, 5) is 7.70. The summed E-state index contributed by atoms with van der Waals surface area (Å²) in [7, 11) is 3.91. The maximum atomic E-state index is 4.42. The van der Waals surface area contributed by atoms with Crippen LogP contribution in [0.3, 0.4) is 0 Å². The zero-order valence-corrected chi connectivity index (χ0v) is 11.4. The lowest BCUT2D eigenvalue weighted by atomic mass is 10.1. The molecule has 2 heterocycles. The van der Waals surface area contributed by atoms with Crippen LogP contribution in [0.1, 0.15) is 11.5 Å². The van der Waals surface area contributed by atoms with Gasteiger partial charge in [-0.3, -0.25) is 4.68 Å². The molecule has 0 atom stereocenters. The number of hydrogen-bond acceptors (Lipinski definition) is 3. The standard InChI is InChI=1S/C14H17N5/c1-9-17-12-5-4-10(6-13(12)18-9)11-7-16-19(3)14(11)8-15-2/h4-7,15H,8H2,1-3H3,(H,17,18). The van der Waals surface area contributed by atoms with Gasteiger partial charge in [0.2, 0.25) is 0 Å². The van der Waals surface area contributed by atoms with Crippen LogP contribution >= 0.6 is 0 Å². The van der Waals surface area contributed by atoms with E-state index in [0.29, 0.717) is 0 Å². The Labute approximate surface area is 111 Å². The maximum absolute atomic E-state index is 4.42. The van der Waals surface area contributed by atoms with Gasteiger partial charge in [0.05, 0.1) is 22.9 Å². The predicted octanol–water partition coefficient (Wildman–Crippen LogP) is 1.99. The summed E-state index contributed by atoms with van der Waals surface area (Å²) in [5, 5.41) is 7.53. The van der Waals surface area contributed by atoms with E-state index in [1.54, 1.807) is 0 Å². The fourth-order valence-corrected chi connectivity index (χ4v) is 2.39. The highest BCUT2D eigenvalue weighted by Gasteiger charge is 2.11. The van der Waals surface area contributed by atoms with Gasteiger partial charge in [-0.25, -0.2) is 4.98 Å². The lowest BCUT2D eigenvalue weighted by molar-refractivity contribution is 0.673. The van der Waals surface area contributed by atoms with Crippen molar-refractivity contribution in [3.05, 3.63) is 35.9 Å². The largest absolute Gasteiger partial charge is 0.342 e. The number of fused-ring (bicyclic) bond motifs is 1. The van der Waals surface area contributed by atoms with E-state index >= 15 is 0 Å². The molecule has 0 aliphatic heterocycles. The number of hydrogen-bond donors (Lipinski definition) is 2. The van der Waals surface area contributed by atoms with Gasteiger partial charge < -0.3 is 10.3 Å². The fourth-order valence-electron chi connectivity index (χ4n) is 2.39. The number of nitrogens with one attached hydrogen (secondary N) is 2. The summed E-state index contributed by atoms with van der Waals surface area (Å²) in [6.07, 6.45) is 1.91. The Morgan fingerprint density at radius 2 is 2.21 bits per heavy atom. The Morgan fingerprint density at radius 1 is 1.37 bits per heavy atom. The monoisotopic (exact) mass is 255 g/mol. The number of aromatic amines is 1. The van der Waals surface area contributed by atoms with Gasteiger partial charge in [0.1, 0.15) is 5.82 Å². The second kappa shape index (κ2) is 4.51. The summed E-state index contributed by atoms with van der Waals surface area (Å²) in [5.74, 6) is 0.939. The third-order valence-electron chi connectivity index (χ3n) is 3.32. The number of aromatic nitrogens is 4. The molecule has 3 aromatic rings. The van der Waals surface area contributed by atoms with Crippen molar-refractivity contribution in [1.82, 2.24) is 25.1 Å². The third-order valence-corrected chi connectivity index (χ3v) is 3.32. The molecule has 0 aliphatic carbocycles. The Bertz CT molecular complexity index is 723. The summed E-state index contributed by atoms with van der Waals surface area (Å²) in [6.45, 7) is 2.77. The molecule has 0 aliphatic rings. The van der Waals surface area contributed by atoms with Crippen molar-refractivity contribution < 1.29 is 0 Å². The van der Waals surface area contributed by atoms with E-state index in [0.717, 1.165) is 34.5 Å². The first-order valence-corrected chi connectivity index (χ1v) is 6.31. The summed E-state index contributed by atoms with van der Waals surface area (Å²) < 4.78 is 1.91. The first-order valence-electron chi connectivity index (χ1n) is 6.31. The molecule has 3 rings (SSSR count). The van der Waals surface area contributed by atoms with E-state index < -0.39 is 0 Å². The Balaban J connectivity index is 2.13. The van der Waals surface area contributed by atoms with Crippen molar-refractivity contribution in [2.45, 2.75) is 13.5 Å². The van der Waals surface area contributed by atoms with Gasteiger partial charge >= 0.3 is 0 Å². The molecule has 0 saturated heterocycles. The van der Waals surface area contributed by atoms with Crippen molar-refractivity contribution in [2.24, 2.45) is 7.05 Å². The van der Waals surface area contributed by atoms with E-state index in [1.807, 2.05) is 38.0 Å². The van der Waals surface area contributed by atoms with Gasteiger partial charge in [-0.2, -0.15) is 5.10 Å². The van der Waals surface area contributed by atoms with E-state index in [2.05, 4.69) is 32.5 Å². The van der Waals surface area contributed by atoms with E-state index in [4.69, 9.17) is 0 Å². The van der Waals surface area contributed by atoms with Crippen LogP contribution in [0.2, 0.25) is 0 Å². The van der Waals surface area contributed by atoms with Gasteiger partial charge in [0.25, 0.3) is 0 Å². The number of imidazole rings is 1. The highest BCUT2D eigenvalue weighted by molar-refractivity contribution is 5.82. The summed E-state index contributed by atoms with van der Waals surface area (Å²) in [6, 6.07) is 6.27. The topological polar surface area (TPSA) is 58.5 Å². The Morgan fingerprint density at radius 3 is 3.00 bits per heavy atom. The average molecular weight is 255 g/mol. The van der Waals surface area contributed by atoms with Crippen LogP contribution in [0.15, 0.2) is 24.4 Å². The molecule has 0 saturated carbocycles. The van der Waals surface area contributed by atoms with E-state index in [9.17, 15) is 0 Å². The van der Waals surface area contributed by atoms with Crippen molar-refractivity contribution in [2.75, 3.05) is 7.05 Å². The molecule has 98 valence electrons. The predicted molar refractivity (Wildman–Crippen MR) is 75.8 cm³/mol. The molecule has 0 unspecified atom stereocenters. The van der Waals surface area contributed by atoms with Crippen LogP contribution in [-0.2, 0) is 13.6 Å². The first-order chi connectivity index (χ1) is 9.19. The van der Waals surface area contributed by atoms with Gasteiger partial charge in [-0.1, -0.05) is 6.07 Å². The van der Waals surface area contributed by atoms with Gasteiger partial charge in [0.15, 0.2) is 0 Å².